The van der Waals surface area contributed by atoms with E-state index in [4.69, 9.17) is 16.3 Å². The summed E-state index contributed by atoms with van der Waals surface area (Å²) in [4.78, 5) is 19.4. The van der Waals surface area contributed by atoms with Crippen LogP contribution in [0.1, 0.15) is 30.6 Å². The molecule has 1 N–H and O–H groups in total. The lowest BCUT2D eigenvalue weighted by molar-refractivity contribution is -0.00522. The Hall–Kier alpha value is -2.94. The lowest BCUT2D eigenvalue weighted by atomic mass is 10.0. The van der Waals surface area contributed by atoms with Crippen molar-refractivity contribution in [2.24, 2.45) is 0 Å². The zero-order valence-electron chi connectivity index (χ0n) is 18.9. The number of sulfonamides is 1. The molecule has 1 aliphatic heterocycles. The van der Waals surface area contributed by atoms with Crippen LogP contribution in [0.3, 0.4) is 0 Å². The first-order chi connectivity index (χ1) is 16.2. The van der Waals surface area contributed by atoms with Gasteiger partial charge in [0.25, 0.3) is 10.0 Å². The molecule has 2 unspecified atom stereocenters. The van der Waals surface area contributed by atoms with E-state index < -0.39 is 10.0 Å². The summed E-state index contributed by atoms with van der Waals surface area (Å²) < 4.78 is 34.8. The van der Waals surface area contributed by atoms with E-state index in [1.807, 2.05) is 13.8 Å². The highest BCUT2D eigenvalue weighted by Crippen LogP contribution is 2.26. The highest BCUT2D eigenvalue weighted by Gasteiger charge is 2.25. The van der Waals surface area contributed by atoms with Gasteiger partial charge in [0.05, 0.1) is 17.1 Å². The first-order valence-corrected chi connectivity index (χ1v) is 12.8. The number of pyridine rings is 1. The highest BCUT2D eigenvalue weighted by molar-refractivity contribution is 7.89. The van der Waals surface area contributed by atoms with Gasteiger partial charge in [0.2, 0.25) is 0 Å². The monoisotopic (exact) mass is 499 g/mol. The SMILES string of the molecule is CC1CN(c2ccc(S(=O)(=O)NC3=C(C(=O)c4ccncc4)C=C(Cl)C=CC3)cc2)CC(C)O1. The van der Waals surface area contributed by atoms with Crippen molar-refractivity contribution >= 4 is 33.1 Å². The van der Waals surface area contributed by atoms with Gasteiger partial charge in [0.1, 0.15) is 0 Å². The van der Waals surface area contributed by atoms with E-state index in [-0.39, 0.29) is 40.6 Å². The summed E-state index contributed by atoms with van der Waals surface area (Å²) in [6.45, 7) is 5.51. The van der Waals surface area contributed by atoms with Crippen LogP contribution in [0.4, 0.5) is 5.69 Å². The molecule has 2 atom stereocenters. The number of rotatable bonds is 6. The number of nitrogens with zero attached hydrogens (tertiary/aromatic N) is 2. The molecule has 2 heterocycles. The zero-order valence-corrected chi connectivity index (χ0v) is 20.5. The van der Waals surface area contributed by atoms with E-state index in [1.165, 1.54) is 18.5 Å². The fraction of sp³-hybridized carbons (Fsp3) is 0.280. The standard InChI is InChI=1S/C25H26ClN3O4S/c1-17-15-29(16-18(2)33-17)21-6-8-22(9-7-21)34(31,32)28-24-5-3-4-20(26)14-23(24)25(30)19-10-12-27-13-11-19/h3-4,6-14,17-18,28H,5,15-16H2,1-2H3. The van der Waals surface area contributed by atoms with E-state index in [1.54, 1.807) is 48.6 Å². The average Bonchev–Trinajstić information content (AvgIpc) is 2.99. The summed E-state index contributed by atoms with van der Waals surface area (Å²) >= 11 is 6.20. The molecule has 1 fully saturated rings. The summed E-state index contributed by atoms with van der Waals surface area (Å²) in [6, 6.07) is 9.88. The van der Waals surface area contributed by atoms with Gasteiger partial charge in [0, 0.05) is 59.5 Å². The summed E-state index contributed by atoms with van der Waals surface area (Å²) in [5.41, 5.74) is 1.77. The van der Waals surface area contributed by atoms with Crippen LogP contribution in [0.2, 0.25) is 0 Å². The number of halogens is 1. The average molecular weight is 500 g/mol. The number of nitrogens with one attached hydrogen (secondary N) is 1. The van der Waals surface area contributed by atoms with Crippen molar-refractivity contribution in [3.8, 4) is 0 Å². The van der Waals surface area contributed by atoms with E-state index in [2.05, 4.69) is 14.6 Å². The van der Waals surface area contributed by atoms with E-state index >= 15 is 0 Å². The number of aromatic nitrogens is 1. The van der Waals surface area contributed by atoms with Crippen molar-refractivity contribution in [1.82, 2.24) is 9.71 Å². The second kappa shape index (κ2) is 10.1. The van der Waals surface area contributed by atoms with Gasteiger partial charge in [-0.3, -0.25) is 14.5 Å². The molecule has 0 spiro atoms. The Morgan fingerprint density at radius 2 is 1.74 bits per heavy atom. The lowest BCUT2D eigenvalue weighted by Crippen LogP contribution is -2.45. The number of hydrogen-bond donors (Lipinski definition) is 1. The van der Waals surface area contributed by atoms with Crippen molar-refractivity contribution in [1.29, 1.82) is 0 Å². The van der Waals surface area contributed by atoms with Gasteiger partial charge in [-0.2, -0.15) is 0 Å². The van der Waals surface area contributed by atoms with E-state index in [0.717, 1.165) is 18.8 Å². The van der Waals surface area contributed by atoms with Crippen LogP contribution in [0.15, 0.2) is 88.2 Å². The molecule has 0 radical (unpaired) electrons. The largest absolute Gasteiger partial charge is 0.372 e. The molecule has 0 bridgehead atoms. The molecule has 0 saturated carbocycles. The van der Waals surface area contributed by atoms with Gasteiger partial charge in [-0.25, -0.2) is 8.42 Å². The van der Waals surface area contributed by atoms with Gasteiger partial charge in [-0.1, -0.05) is 17.7 Å². The first kappa shape index (κ1) is 24.2. The minimum Gasteiger partial charge on any atom is -0.372 e. The molecular weight excluding hydrogens is 474 g/mol. The normalized spacial score (nSPS) is 21.1. The highest BCUT2D eigenvalue weighted by atomic mass is 35.5. The maximum absolute atomic E-state index is 13.2. The summed E-state index contributed by atoms with van der Waals surface area (Å²) in [5.74, 6) is -0.340. The Balaban J connectivity index is 1.61. The quantitative estimate of drug-likeness (QED) is 0.599. The Labute approximate surface area is 204 Å². The molecule has 4 rings (SSSR count). The molecule has 34 heavy (non-hydrogen) atoms. The predicted molar refractivity (Wildman–Crippen MR) is 132 cm³/mol. The Morgan fingerprint density at radius 1 is 1.09 bits per heavy atom. The molecule has 7 nitrogen and oxygen atoms in total. The molecular formula is C25H26ClN3O4S. The third kappa shape index (κ3) is 5.58. The Morgan fingerprint density at radius 3 is 2.38 bits per heavy atom. The topological polar surface area (TPSA) is 88.6 Å². The predicted octanol–water partition coefficient (Wildman–Crippen LogP) is 4.19. The van der Waals surface area contributed by atoms with Crippen molar-refractivity contribution in [2.45, 2.75) is 37.4 Å². The number of anilines is 1. The number of allylic oxidation sites excluding steroid dienone is 5. The molecule has 9 heteroatoms. The summed E-state index contributed by atoms with van der Waals surface area (Å²) in [5, 5.41) is 0.338. The second-order valence-electron chi connectivity index (χ2n) is 8.35. The molecule has 2 aliphatic rings. The van der Waals surface area contributed by atoms with Crippen molar-refractivity contribution in [2.75, 3.05) is 18.0 Å². The fourth-order valence-electron chi connectivity index (χ4n) is 4.08. The molecule has 1 aromatic carbocycles. The number of benzene rings is 1. The zero-order chi connectivity index (χ0) is 24.3. The summed E-state index contributed by atoms with van der Waals surface area (Å²) in [6.07, 6.45) is 8.26. The number of morpholine rings is 1. The maximum atomic E-state index is 13.2. The number of hydrogen-bond acceptors (Lipinski definition) is 6. The van der Waals surface area contributed by atoms with E-state index in [9.17, 15) is 13.2 Å². The number of carbonyl (C=O) groups is 1. The third-order valence-electron chi connectivity index (χ3n) is 5.58. The van der Waals surface area contributed by atoms with Crippen LogP contribution in [-0.2, 0) is 14.8 Å². The number of ether oxygens (including phenoxy) is 1. The van der Waals surface area contributed by atoms with E-state index in [0.29, 0.717) is 10.6 Å². The van der Waals surface area contributed by atoms with Gasteiger partial charge in [0.15, 0.2) is 5.78 Å². The number of carbonyl (C=O) groups excluding carboxylic acids is 1. The van der Waals surface area contributed by atoms with Gasteiger partial charge >= 0.3 is 0 Å². The number of Topliss-reactive ketones (excluding diaryl/α,β-unsaturated/α-hetero) is 1. The van der Waals surface area contributed by atoms with Crippen LogP contribution in [0.25, 0.3) is 0 Å². The van der Waals surface area contributed by atoms with Crippen LogP contribution < -0.4 is 9.62 Å². The molecule has 1 saturated heterocycles. The van der Waals surface area contributed by atoms with Gasteiger partial charge in [-0.15, -0.1) is 0 Å². The minimum atomic E-state index is -3.93. The first-order valence-electron chi connectivity index (χ1n) is 11.0. The third-order valence-corrected chi connectivity index (χ3v) is 7.23. The molecule has 1 aliphatic carbocycles. The molecule has 178 valence electrons. The maximum Gasteiger partial charge on any atom is 0.261 e. The fourth-order valence-corrected chi connectivity index (χ4v) is 5.40. The second-order valence-corrected chi connectivity index (χ2v) is 10.5. The van der Waals surface area contributed by atoms with Crippen LogP contribution in [0, 0.1) is 0 Å². The molecule has 0 amide bonds. The smallest absolute Gasteiger partial charge is 0.261 e. The van der Waals surface area contributed by atoms with Crippen LogP contribution in [-0.4, -0.2) is 44.5 Å². The lowest BCUT2D eigenvalue weighted by Gasteiger charge is -2.36. The number of ketones is 1. The summed E-state index contributed by atoms with van der Waals surface area (Å²) in [7, 11) is -3.93. The van der Waals surface area contributed by atoms with Gasteiger partial charge in [-0.05, 0) is 62.4 Å². The van der Waals surface area contributed by atoms with Crippen molar-refractivity contribution < 1.29 is 17.9 Å². The molecule has 1 aromatic heterocycles. The Bertz CT molecular complexity index is 1240. The minimum absolute atomic E-state index is 0.0975. The van der Waals surface area contributed by atoms with Crippen LogP contribution >= 0.6 is 11.6 Å². The van der Waals surface area contributed by atoms with Crippen molar-refractivity contribution in [3.63, 3.8) is 0 Å². The van der Waals surface area contributed by atoms with Gasteiger partial charge < -0.3 is 9.64 Å². The molecule has 2 aromatic rings. The van der Waals surface area contributed by atoms with Crippen molar-refractivity contribution in [3.05, 3.63) is 88.9 Å². The van der Waals surface area contributed by atoms with Crippen LogP contribution in [0.5, 0.6) is 0 Å². The Kier molecular flexibility index (Phi) is 7.21.